The average molecular weight is 355 g/mol. The van der Waals surface area contributed by atoms with Gasteiger partial charge in [0, 0.05) is 18.7 Å². The monoisotopic (exact) mass is 355 g/mol. The van der Waals surface area contributed by atoms with Crippen molar-refractivity contribution in [3.05, 3.63) is 42.5 Å². The molecular weight excluding hydrogens is 334 g/mol. The Balaban J connectivity index is 1.72. The Morgan fingerprint density at radius 3 is 2.58 bits per heavy atom. The second-order valence-corrected chi connectivity index (χ2v) is 6.02. The molecule has 0 aromatic heterocycles. The van der Waals surface area contributed by atoms with Gasteiger partial charge in [0.15, 0.2) is 0 Å². The van der Waals surface area contributed by atoms with Gasteiger partial charge >= 0.3 is 0 Å². The van der Waals surface area contributed by atoms with Crippen molar-refractivity contribution in [3.63, 3.8) is 0 Å². The van der Waals surface area contributed by atoms with Gasteiger partial charge in [-0.05, 0) is 30.3 Å². The molecule has 136 valence electrons. The number of benzene rings is 2. The molecule has 1 fully saturated rings. The molecule has 1 aliphatic heterocycles. The Labute approximate surface area is 151 Å². The molecule has 26 heavy (non-hydrogen) atoms. The summed E-state index contributed by atoms with van der Waals surface area (Å²) in [7, 11) is 3.08. The fourth-order valence-electron chi connectivity index (χ4n) is 3.03. The van der Waals surface area contributed by atoms with Crippen molar-refractivity contribution in [1.29, 1.82) is 0 Å². The van der Waals surface area contributed by atoms with Gasteiger partial charge in [-0.1, -0.05) is 12.1 Å². The maximum Gasteiger partial charge on any atom is 0.229 e. The molecule has 2 aromatic rings. The van der Waals surface area contributed by atoms with Crippen LogP contribution in [0.5, 0.6) is 11.5 Å². The number of nitrogens with zero attached hydrogens (tertiary/aromatic N) is 1. The number of anilines is 3. The molecule has 1 unspecified atom stereocenters. The fourth-order valence-corrected chi connectivity index (χ4v) is 3.03. The number of hydrogen-bond donors (Lipinski definition) is 2. The largest absolute Gasteiger partial charge is 0.495 e. The first kappa shape index (κ1) is 17.6. The molecule has 3 rings (SSSR count). The summed E-state index contributed by atoms with van der Waals surface area (Å²) in [6.07, 6.45) is 0.148. The topological polar surface area (TPSA) is 93.9 Å². The number of carbonyl (C=O) groups is 2. The fraction of sp³-hybridized carbons (Fsp3) is 0.263. The predicted octanol–water partition coefficient (Wildman–Crippen LogP) is 2.28. The van der Waals surface area contributed by atoms with E-state index >= 15 is 0 Å². The minimum atomic E-state index is -0.448. The molecule has 3 N–H and O–H groups in total. The van der Waals surface area contributed by atoms with E-state index < -0.39 is 5.92 Å². The average Bonchev–Trinajstić information content (AvgIpc) is 3.03. The van der Waals surface area contributed by atoms with E-state index in [9.17, 15) is 9.59 Å². The lowest BCUT2D eigenvalue weighted by Crippen LogP contribution is -2.28. The molecule has 0 radical (unpaired) electrons. The lowest BCUT2D eigenvalue weighted by molar-refractivity contribution is -0.122. The zero-order valence-corrected chi connectivity index (χ0v) is 14.7. The van der Waals surface area contributed by atoms with Crippen LogP contribution in [0.25, 0.3) is 0 Å². The first-order valence-corrected chi connectivity index (χ1v) is 8.21. The summed E-state index contributed by atoms with van der Waals surface area (Å²) in [6, 6.07) is 12.3. The van der Waals surface area contributed by atoms with Crippen molar-refractivity contribution in [3.8, 4) is 11.5 Å². The van der Waals surface area contributed by atoms with E-state index in [-0.39, 0.29) is 18.2 Å². The van der Waals surface area contributed by atoms with Crippen LogP contribution in [0.3, 0.4) is 0 Å². The van der Waals surface area contributed by atoms with E-state index in [4.69, 9.17) is 15.2 Å². The van der Waals surface area contributed by atoms with Gasteiger partial charge in [-0.15, -0.1) is 0 Å². The van der Waals surface area contributed by atoms with E-state index in [0.717, 1.165) is 0 Å². The summed E-state index contributed by atoms with van der Waals surface area (Å²) >= 11 is 0. The summed E-state index contributed by atoms with van der Waals surface area (Å²) in [5, 5.41) is 2.81. The molecule has 0 spiro atoms. The second-order valence-electron chi connectivity index (χ2n) is 6.02. The van der Waals surface area contributed by atoms with Crippen LogP contribution in [0.15, 0.2) is 42.5 Å². The van der Waals surface area contributed by atoms with Crippen LogP contribution in [0.1, 0.15) is 6.42 Å². The van der Waals surface area contributed by atoms with Gasteiger partial charge in [-0.3, -0.25) is 9.59 Å². The van der Waals surface area contributed by atoms with Crippen molar-refractivity contribution in [2.75, 3.05) is 36.7 Å². The normalized spacial score (nSPS) is 16.5. The van der Waals surface area contributed by atoms with Gasteiger partial charge in [0.2, 0.25) is 11.8 Å². The first-order valence-electron chi connectivity index (χ1n) is 8.21. The number of nitrogens with two attached hydrogens (primary N) is 1. The molecule has 0 bridgehead atoms. The molecule has 0 aliphatic carbocycles. The van der Waals surface area contributed by atoms with Crippen LogP contribution >= 0.6 is 0 Å². The van der Waals surface area contributed by atoms with Crippen LogP contribution in [-0.4, -0.2) is 32.6 Å². The number of para-hydroxylation sites is 2. The van der Waals surface area contributed by atoms with E-state index in [0.29, 0.717) is 35.1 Å². The third-order valence-corrected chi connectivity index (χ3v) is 4.37. The van der Waals surface area contributed by atoms with Gasteiger partial charge in [0.25, 0.3) is 0 Å². The highest BCUT2D eigenvalue weighted by molar-refractivity contribution is 6.04. The van der Waals surface area contributed by atoms with Crippen molar-refractivity contribution in [2.45, 2.75) is 6.42 Å². The lowest BCUT2D eigenvalue weighted by Gasteiger charge is -2.19. The van der Waals surface area contributed by atoms with Gasteiger partial charge in [0.05, 0.1) is 31.5 Å². The molecule has 2 aromatic carbocycles. The SMILES string of the molecule is COc1ccc(NC(=O)C2CC(=O)N(c3ccccc3OC)C2)cc1N. The van der Waals surface area contributed by atoms with E-state index in [1.807, 2.05) is 12.1 Å². The Kier molecular flexibility index (Phi) is 4.97. The molecule has 7 nitrogen and oxygen atoms in total. The molecular formula is C19H21N3O4. The minimum Gasteiger partial charge on any atom is -0.495 e. The Bertz CT molecular complexity index is 837. The van der Waals surface area contributed by atoms with Crippen LogP contribution in [0, 0.1) is 5.92 Å². The standard InChI is InChI=1S/C19H21N3O4/c1-25-16-8-7-13(10-14(16)20)21-19(24)12-9-18(23)22(11-12)15-5-3-4-6-17(15)26-2/h3-8,10,12H,9,11,20H2,1-2H3,(H,21,24). The van der Waals surface area contributed by atoms with Crippen molar-refractivity contribution in [2.24, 2.45) is 5.92 Å². The summed E-state index contributed by atoms with van der Waals surface area (Å²) in [5.41, 5.74) is 7.53. The quantitative estimate of drug-likeness (QED) is 0.803. The Hall–Kier alpha value is -3.22. The zero-order valence-electron chi connectivity index (χ0n) is 14.7. The van der Waals surface area contributed by atoms with Gasteiger partial charge in [-0.2, -0.15) is 0 Å². The van der Waals surface area contributed by atoms with E-state index in [2.05, 4.69) is 5.32 Å². The molecule has 1 heterocycles. The number of ether oxygens (including phenoxy) is 2. The maximum absolute atomic E-state index is 12.6. The Morgan fingerprint density at radius 1 is 1.15 bits per heavy atom. The third-order valence-electron chi connectivity index (χ3n) is 4.37. The third kappa shape index (κ3) is 3.42. The van der Waals surface area contributed by atoms with E-state index in [1.165, 1.54) is 7.11 Å². The highest BCUT2D eigenvalue weighted by Gasteiger charge is 2.36. The Morgan fingerprint density at radius 2 is 1.88 bits per heavy atom. The number of rotatable bonds is 5. The first-order chi connectivity index (χ1) is 12.5. The zero-order chi connectivity index (χ0) is 18.7. The second kappa shape index (κ2) is 7.35. The van der Waals surface area contributed by atoms with Crippen LogP contribution < -0.4 is 25.4 Å². The maximum atomic E-state index is 12.6. The summed E-state index contributed by atoms with van der Waals surface area (Å²) in [5.74, 6) is 0.367. The van der Waals surface area contributed by atoms with Crippen LogP contribution in [-0.2, 0) is 9.59 Å². The number of methoxy groups -OCH3 is 2. The van der Waals surface area contributed by atoms with Gasteiger partial charge in [-0.25, -0.2) is 0 Å². The highest BCUT2D eigenvalue weighted by atomic mass is 16.5. The lowest BCUT2D eigenvalue weighted by atomic mass is 10.1. The van der Waals surface area contributed by atoms with Crippen molar-refractivity contribution >= 4 is 28.9 Å². The molecule has 7 heteroatoms. The molecule has 1 aliphatic rings. The summed E-state index contributed by atoms with van der Waals surface area (Å²) in [6.45, 7) is 0.302. The molecule has 2 amide bonds. The number of hydrogen-bond acceptors (Lipinski definition) is 5. The van der Waals surface area contributed by atoms with Gasteiger partial charge < -0.3 is 25.4 Å². The predicted molar refractivity (Wildman–Crippen MR) is 99.5 cm³/mol. The summed E-state index contributed by atoms with van der Waals surface area (Å²) < 4.78 is 10.4. The molecule has 0 saturated carbocycles. The van der Waals surface area contributed by atoms with Crippen LogP contribution in [0.2, 0.25) is 0 Å². The minimum absolute atomic E-state index is 0.108. The number of nitrogens with one attached hydrogen (secondary N) is 1. The number of carbonyl (C=O) groups excluding carboxylic acids is 2. The number of nitrogen functional groups attached to an aromatic ring is 1. The van der Waals surface area contributed by atoms with Gasteiger partial charge in [0.1, 0.15) is 11.5 Å². The van der Waals surface area contributed by atoms with Crippen molar-refractivity contribution in [1.82, 2.24) is 0 Å². The van der Waals surface area contributed by atoms with E-state index in [1.54, 1.807) is 42.3 Å². The molecule has 1 saturated heterocycles. The number of amides is 2. The highest BCUT2D eigenvalue weighted by Crippen LogP contribution is 2.33. The smallest absolute Gasteiger partial charge is 0.229 e. The summed E-state index contributed by atoms with van der Waals surface area (Å²) in [4.78, 5) is 26.6. The molecule has 1 atom stereocenters. The van der Waals surface area contributed by atoms with Crippen molar-refractivity contribution < 1.29 is 19.1 Å². The van der Waals surface area contributed by atoms with Crippen LogP contribution in [0.4, 0.5) is 17.1 Å².